The topological polar surface area (TPSA) is 61.8 Å². The monoisotopic (exact) mass is 334 g/mol. The number of aliphatic hydroxyl groups excluding tert-OH is 1. The summed E-state index contributed by atoms with van der Waals surface area (Å²) in [6.07, 6.45) is 0.0244. The number of carbonyl (C=O) groups is 1. The van der Waals surface area contributed by atoms with Crippen LogP contribution < -0.4 is 5.32 Å². The van der Waals surface area contributed by atoms with E-state index in [0.717, 1.165) is 31.6 Å². The zero-order valence-electron chi connectivity index (χ0n) is 14.9. The van der Waals surface area contributed by atoms with E-state index in [-0.39, 0.29) is 30.8 Å². The third kappa shape index (κ3) is 6.13. The Labute approximate surface area is 145 Å². The van der Waals surface area contributed by atoms with Gasteiger partial charge in [-0.25, -0.2) is 4.79 Å². The second kappa shape index (κ2) is 9.04. The van der Waals surface area contributed by atoms with E-state index in [9.17, 15) is 9.90 Å². The molecule has 24 heavy (non-hydrogen) atoms. The zero-order chi connectivity index (χ0) is 17.5. The van der Waals surface area contributed by atoms with E-state index in [1.165, 1.54) is 0 Å². The van der Waals surface area contributed by atoms with Crippen LogP contribution in [0.2, 0.25) is 0 Å². The maximum atomic E-state index is 12.1. The molecule has 2 N–H and O–H groups in total. The molecule has 0 bridgehead atoms. The molecule has 1 saturated heterocycles. The Balaban J connectivity index is 1.85. The lowest BCUT2D eigenvalue weighted by Crippen LogP contribution is -2.53. The van der Waals surface area contributed by atoms with Gasteiger partial charge in [0.2, 0.25) is 0 Å². The third-order valence-corrected chi connectivity index (χ3v) is 4.40. The van der Waals surface area contributed by atoms with Gasteiger partial charge in [-0.2, -0.15) is 0 Å². The molecule has 5 nitrogen and oxygen atoms in total. The molecule has 0 aromatic heterocycles. The molecule has 1 fully saturated rings. The highest BCUT2D eigenvalue weighted by molar-refractivity contribution is 5.67. The molecule has 1 aliphatic rings. The van der Waals surface area contributed by atoms with Crippen LogP contribution in [0.15, 0.2) is 30.3 Å². The SMILES string of the molecule is CC(C)CN1CC(NC(=O)OCc2ccccc2)CC(C(C)O)C1. The van der Waals surface area contributed by atoms with E-state index in [4.69, 9.17) is 4.74 Å². The normalized spacial score (nSPS) is 23.0. The molecule has 3 unspecified atom stereocenters. The molecule has 1 amide bonds. The van der Waals surface area contributed by atoms with Gasteiger partial charge in [0.25, 0.3) is 0 Å². The highest BCUT2D eigenvalue weighted by atomic mass is 16.5. The van der Waals surface area contributed by atoms with E-state index in [2.05, 4.69) is 24.1 Å². The molecular formula is C19H30N2O3. The molecule has 0 aliphatic carbocycles. The number of nitrogens with zero attached hydrogens (tertiary/aromatic N) is 1. The fourth-order valence-corrected chi connectivity index (χ4v) is 3.28. The van der Waals surface area contributed by atoms with Crippen LogP contribution in [0.3, 0.4) is 0 Å². The van der Waals surface area contributed by atoms with Gasteiger partial charge in [-0.15, -0.1) is 0 Å². The van der Waals surface area contributed by atoms with Gasteiger partial charge in [-0.05, 0) is 30.7 Å². The number of hydrogen-bond donors (Lipinski definition) is 2. The number of benzene rings is 1. The predicted octanol–water partition coefficient (Wildman–Crippen LogP) is 2.64. The Hall–Kier alpha value is -1.59. The fraction of sp³-hybridized carbons (Fsp3) is 0.632. The van der Waals surface area contributed by atoms with Crippen molar-refractivity contribution < 1.29 is 14.6 Å². The van der Waals surface area contributed by atoms with Crippen molar-refractivity contribution >= 4 is 6.09 Å². The maximum absolute atomic E-state index is 12.1. The van der Waals surface area contributed by atoms with Crippen molar-refractivity contribution in [2.75, 3.05) is 19.6 Å². The van der Waals surface area contributed by atoms with Gasteiger partial charge in [0.1, 0.15) is 6.61 Å². The molecule has 0 saturated carbocycles. The van der Waals surface area contributed by atoms with Gasteiger partial charge in [0.05, 0.1) is 6.10 Å². The summed E-state index contributed by atoms with van der Waals surface area (Å²) in [6.45, 7) is 9.13. The van der Waals surface area contributed by atoms with Crippen LogP contribution in [0, 0.1) is 11.8 Å². The van der Waals surface area contributed by atoms with Gasteiger partial charge < -0.3 is 20.1 Å². The lowest BCUT2D eigenvalue weighted by Gasteiger charge is -2.39. The Morgan fingerprint density at radius 3 is 2.62 bits per heavy atom. The van der Waals surface area contributed by atoms with E-state index in [1.807, 2.05) is 37.3 Å². The molecule has 2 rings (SSSR count). The first-order valence-electron chi connectivity index (χ1n) is 8.81. The van der Waals surface area contributed by atoms with Gasteiger partial charge >= 0.3 is 6.09 Å². The summed E-state index contributed by atoms with van der Waals surface area (Å²) in [6, 6.07) is 9.67. The Bertz CT molecular complexity index is 505. The third-order valence-electron chi connectivity index (χ3n) is 4.40. The summed E-state index contributed by atoms with van der Waals surface area (Å²) in [5.74, 6) is 0.736. The van der Waals surface area contributed by atoms with Gasteiger partial charge in [-0.3, -0.25) is 0 Å². The van der Waals surface area contributed by atoms with E-state index in [1.54, 1.807) is 0 Å². The van der Waals surface area contributed by atoms with E-state index >= 15 is 0 Å². The molecule has 1 aliphatic heterocycles. The second-order valence-electron chi connectivity index (χ2n) is 7.25. The standard InChI is InChI=1S/C19H30N2O3/c1-14(2)10-21-11-17(15(3)22)9-18(12-21)20-19(23)24-13-16-7-5-4-6-8-16/h4-8,14-15,17-18,22H,9-13H2,1-3H3,(H,20,23). The number of nitrogens with one attached hydrogen (secondary N) is 1. The first kappa shape index (κ1) is 18.7. The largest absolute Gasteiger partial charge is 0.445 e. The number of hydrogen-bond acceptors (Lipinski definition) is 4. The van der Waals surface area contributed by atoms with Crippen LogP contribution in [-0.4, -0.2) is 47.9 Å². The molecule has 5 heteroatoms. The van der Waals surface area contributed by atoms with Crippen LogP contribution >= 0.6 is 0 Å². The van der Waals surface area contributed by atoms with Crippen molar-refractivity contribution in [3.05, 3.63) is 35.9 Å². The number of rotatable bonds is 6. The molecule has 1 aromatic carbocycles. The van der Waals surface area contributed by atoms with Crippen molar-refractivity contribution in [3.63, 3.8) is 0 Å². The van der Waals surface area contributed by atoms with Gasteiger partial charge in [0, 0.05) is 25.7 Å². The summed E-state index contributed by atoms with van der Waals surface area (Å²) in [4.78, 5) is 14.4. The average Bonchev–Trinajstić information content (AvgIpc) is 2.53. The highest BCUT2D eigenvalue weighted by Gasteiger charge is 2.31. The van der Waals surface area contributed by atoms with Crippen molar-refractivity contribution in [1.29, 1.82) is 0 Å². The molecular weight excluding hydrogens is 304 g/mol. The van der Waals surface area contributed by atoms with Crippen molar-refractivity contribution in [3.8, 4) is 0 Å². The summed E-state index contributed by atoms with van der Waals surface area (Å²) in [5, 5.41) is 12.9. The minimum Gasteiger partial charge on any atom is -0.445 e. The Kier molecular flexibility index (Phi) is 7.06. The summed E-state index contributed by atoms with van der Waals surface area (Å²) in [7, 11) is 0. The number of alkyl carbamates (subject to hydrolysis) is 1. The minimum absolute atomic E-state index is 0.0142. The van der Waals surface area contributed by atoms with E-state index < -0.39 is 0 Å². The minimum atomic E-state index is -0.389. The number of piperidine rings is 1. The maximum Gasteiger partial charge on any atom is 0.407 e. The zero-order valence-corrected chi connectivity index (χ0v) is 14.9. The second-order valence-corrected chi connectivity index (χ2v) is 7.25. The Morgan fingerprint density at radius 2 is 2.00 bits per heavy atom. The lowest BCUT2D eigenvalue weighted by molar-refractivity contribution is 0.0414. The smallest absolute Gasteiger partial charge is 0.407 e. The molecule has 1 aromatic rings. The number of likely N-dealkylation sites (tertiary alicyclic amines) is 1. The van der Waals surface area contributed by atoms with Crippen LogP contribution in [-0.2, 0) is 11.3 Å². The number of carbonyl (C=O) groups excluding carboxylic acids is 1. The fourth-order valence-electron chi connectivity index (χ4n) is 3.28. The molecule has 134 valence electrons. The number of amides is 1. The molecule has 0 radical (unpaired) electrons. The quantitative estimate of drug-likeness (QED) is 0.839. The predicted molar refractivity (Wildman–Crippen MR) is 94.6 cm³/mol. The number of aliphatic hydroxyl groups is 1. The summed E-state index contributed by atoms with van der Waals surface area (Å²) >= 11 is 0. The van der Waals surface area contributed by atoms with Crippen molar-refractivity contribution in [2.45, 2.75) is 45.9 Å². The average molecular weight is 334 g/mol. The van der Waals surface area contributed by atoms with E-state index in [0.29, 0.717) is 5.92 Å². The van der Waals surface area contributed by atoms with Gasteiger partial charge in [0.15, 0.2) is 0 Å². The van der Waals surface area contributed by atoms with Crippen LogP contribution in [0.25, 0.3) is 0 Å². The number of ether oxygens (including phenoxy) is 1. The van der Waals surface area contributed by atoms with Crippen LogP contribution in [0.4, 0.5) is 4.79 Å². The first-order chi connectivity index (χ1) is 11.4. The van der Waals surface area contributed by atoms with Crippen LogP contribution in [0.5, 0.6) is 0 Å². The highest BCUT2D eigenvalue weighted by Crippen LogP contribution is 2.21. The van der Waals surface area contributed by atoms with Gasteiger partial charge in [-0.1, -0.05) is 44.2 Å². The van der Waals surface area contributed by atoms with Crippen LogP contribution in [0.1, 0.15) is 32.8 Å². The van der Waals surface area contributed by atoms with Crippen molar-refractivity contribution in [1.82, 2.24) is 10.2 Å². The Morgan fingerprint density at radius 1 is 1.29 bits per heavy atom. The molecule has 3 atom stereocenters. The first-order valence-corrected chi connectivity index (χ1v) is 8.81. The summed E-state index contributed by atoms with van der Waals surface area (Å²) < 4.78 is 5.31. The lowest BCUT2D eigenvalue weighted by atomic mass is 9.90. The molecule has 0 spiro atoms. The molecule has 1 heterocycles. The summed E-state index contributed by atoms with van der Waals surface area (Å²) in [5.41, 5.74) is 0.972. The van der Waals surface area contributed by atoms with Crippen molar-refractivity contribution in [2.24, 2.45) is 11.8 Å².